The van der Waals surface area contributed by atoms with E-state index in [-0.39, 0.29) is 22.1 Å². The van der Waals surface area contributed by atoms with Crippen molar-refractivity contribution in [1.29, 1.82) is 0 Å². The van der Waals surface area contributed by atoms with Crippen molar-refractivity contribution < 1.29 is 19.1 Å². The van der Waals surface area contributed by atoms with Gasteiger partial charge in [-0.1, -0.05) is 69.7 Å². The number of anilines is 1. The number of carbonyl (C=O) groups is 2. The Morgan fingerprint density at radius 1 is 1.05 bits per heavy atom. The number of esters is 1. The van der Waals surface area contributed by atoms with Gasteiger partial charge >= 0.3 is 5.97 Å². The monoisotopic (exact) mass is 657 g/mol. The number of methoxy groups -OCH3 is 1. The van der Waals surface area contributed by atoms with Crippen LogP contribution in [0.2, 0.25) is 0 Å². The van der Waals surface area contributed by atoms with E-state index in [1.54, 1.807) is 44.9 Å². The Hall–Kier alpha value is -4.28. The van der Waals surface area contributed by atoms with Crippen LogP contribution < -0.4 is 24.5 Å². The average molecular weight is 659 g/mol. The molecular weight excluding hydrogens is 630 g/mol. The Morgan fingerprint density at radius 3 is 2.44 bits per heavy atom. The van der Waals surface area contributed by atoms with E-state index in [0.29, 0.717) is 39.5 Å². The van der Waals surface area contributed by atoms with Crippen molar-refractivity contribution in [2.75, 3.05) is 12.0 Å². The highest BCUT2D eigenvalue weighted by Crippen LogP contribution is 2.38. The Labute approximate surface area is 260 Å². The van der Waals surface area contributed by atoms with Crippen LogP contribution in [0.15, 0.2) is 98.3 Å². The van der Waals surface area contributed by atoms with Crippen LogP contribution in [-0.2, 0) is 20.9 Å². The zero-order valence-corrected chi connectivity index (χ0v) is 26.4. The first-order chi connectivity index (χ1) is 20.7. The standard InChI is InChI=1S/C33H28BrN3O5S/c1-18(2)42-32(40)26-19(3)35-33-37(28(26)21-10-13-23(41-4)14-11-21)31(39)29(43-33)27-24-16-22(34)12-15-25(24)36(30(27)38)17-20-8-6-5-7-9-20/h5-16,18,28H,17H2,1-4H3/b29-27-/t28-/m0/s1. The number of thiazole rings is 1. The lowest BCUT2D eigenvalue weighted by atomic mass is 9.95. The summed E-state index contributed by atoms with van der Waals surface area (Å²) in [7, 11) is 1.57. The predicted octanol–water partition coefficient (Wildman–Crippen LogP) is 4.87. The molecule has 6 rings (SSSR count). The molecule has 1 aromatic heterocycles. The van der Waals surface area contributed by atoms with E-state index in [1.807, 2.05) is 60.7 Å². The second-order valence-corrected chi connectivity index (χ2v) is 12.4. The third-order valence-corrected chi connectivity index (χ3v) is 8.93. The van der Waals surface area contributed by atoms with E-state index in [0.717, 1.165) is 27.1 Å². The molecule has 8 nitrogen and oxygen atoms in total. The molecule has 3 aromatic carbocycles. The van der Waals surface area contributed by atoms with Crippen LogP contribution in [0.25, 0.3) is 5.57 Å². The molecule has 2 aliphatic heterocycles. The lowest BCUT2D eigenvalue weighted by Crippen LogP contribution is -2.41. The number of benzene rings is 3. The highest BCUT2D eigenvalue weighted by Gasteiger charge is 2.37. The SMILES string of the molecule is COc1ccc([C@H]2C(C(=O)OC(C)C)=C(C)N=c3s/c(=C4\C(=O)N(Cc5ccccc5)c5ccc(Br)cc54)c(=O)n32)cc1. The predicted molar refractivity (Wildman–Crippen MR) is 169 cm³/mol. The summed E-state index contributed by atoms with van der Waals surface area (Å²) in [5, 5.41) is 0. The molecule has 0 saturated carbocycles. The maximum Gasteiger partial charge on any atom is 0.338 e. The molecule has 3 heterocycles. The van der Waals surface area contributed by atoms with Crippen LogP contribution in [0.4, 0.5) is 5.69 Å². The quantitative estimate of drug-likeness (QED) is 0.276. The van der Waals surface area contributed by atoms with E-state index in [2.05, 4.69) is 15.9 Å². The van der Waals surface area contributed by atoms with E-state index >= 15 is 0 Å². The van der Waals surface area contributed by atoms with Crippen molar-refractivity contribution >= 4 is 50.4 Å². The van der Waals surface area contributed by atoms with E-state index in [9.17, 15) is 14.4 Å². The van der Waals surface area contributed by atoms with Gasteiger partial charge in [-0.05, 0) is 62.2 Å². The van der Waals surface area contributed by atoms with Crippen LogP contribution in [-0.4, -0.2) is 29.7 Å². The maximum absolute atomic E-state index is 14.4. The number of allylic oxidation sites excluding steroid dienone is 1. The van der Waals surface area contributed by atoms with Gasteiger partial charge in [0.05, 0.1) is 48.3 Å². The molecule has 0 aliphatic carbocycles. The van der Waals surface area contributed by atoms with Gasteiger partial charge in [-0.3, -0.25) is 14.2 Å². The van der Waals surface area contributed by atoms with Crippen molar-refractivity contribution in [1.82, 2.24) is 4.57 Å². The third kappa shape index (κ3) is 5.14. The van der Waals surface area contributed by atoms with E-state index < -0.39 is 17.6 Å². The molecule has 218 valence electrons. The zero-order chi connectivity index (χ0) is 30.4. The number of hydrogen-bond acceptors (Lipinski definition) is 7. The maximum atomic E-state index is 14.4. The molecule has 1 atom stereocenters. The lowest BCUT2D eigenvalue weighted by Gasteiger charge is -2.25. The summed E-state index contributed by atoms with van der Waals surface area (Å²) < 4.78 is 13.5. The molecule has 1 amide bonds. The molecule has 10 heteroatoms. The summed E-state index contributed by atoms with van der Waals surface area (Å²) in [5.41, 5.74) is 3.69. The fraction of sp³-hybridized carbons (Fsp3) is 0.212. The Kier molecular flexibility index (Phi) is 7.66. The van der Waals surface area contributed by atoms with Gasteiger partial charge in [-0.25, -0.2) is 9.79 Å². The highest BCUT2D eigenvalue weighted by molar-refractivity contribution is 9.10. The van der Waals surface area contributed by atoms with Gasteiger partial charge < -0.3 is 14.4 Å². The van der Waals surface area contributed by atoms with Crippen molar-refractivity contribution in [2.24, 2.45) is 4.99 Å². The molecule has 4 aromatic rings. The molecule has 43 heavy (non-hydrogen) atoms. The van der Waals surface area contributed by atoms with Gasteiger partial charge in [-0.2, -0.15) is 0 Å². The highest BCUT2D eigenvalue weighted by atomic mass is 79.9. The van der Waals surface area contributed by atoms with Gasteiger partial charge in [0.2, 0.25) is 0 Å². The van der Waals surface area contributed by atoms with Crippen LogP contribution in [0, 0.1) is 0 Å². The summed E-state index contributed by atoms with van der Waals surface area (Å²) in [6.07, 6.45) is -0.363. The van der Waals surface area contributed by atoms with Gasteiger partial charge in [0.1, 0.15) is 10.3 Å². The first-order valence-electron chi connectivity index (χ1n) is 13.7. The van der Waals surface area contributed by atoms with E-state index in [1.165, 1.54) is 4.57 Å². The minimum atomic E-state index is -0.804. The van der Waals surface area contributed by atoms with E-state index in [4.69, 9.17) is 14.5 Å². The lowest BCUT2D eigenvalue weighted by molar-refractivity contribution is -0.143. The van der Waals surface area contributed by atoms with Crippen molar-refractivity contribution in [3.05, 3.63) is 125 Å². The number of rotatable bonds is 6. The molecule has 0 unspecified atom stereocenters. The summed E-state index contributed by atoms with van der Waals surface area (Å²) in [4.78, 5) is 48.8. The number of hydrogen-bond donors (Lipinski definition) is 0. The number of aromatic nitrogens is 1. The fourth-order valence-corrected chi connectivity index (χ4v) is 6.96. The van der Waals surface area contributed by atoms with Crippen LogP contribution >= 0.6 is 27.3 Å². The molecule has 0 saturated heterocycles. The number of ether oxygens (including phenoxy) is 2. The van der Waals surface area contributed by atoms with Crippen molar-refractivity contribution in [3.8, 4) is 5.75 Å². The second-order valence-electron chi connectivity index (χ2n) is 10.5. The summed E-state index contributed by atoms with van der Waals surface area (Å²) in [5.74, 6) is -0.170. The van der Waals surface area contributed by atoms with Gasteiger partial charge in [0.25, 0.3) is 11.5 Å². The Bertz CT molecular complexity index is 1980. The number of nitrogens with zero attached hydrogens (tertiary/aromatic N) is 3. The molecule has 2 aliphatic rings. The van der Waals surface area contributed by atoms with Crippen LogP contribution in [0.1, 0.15) is 43.5 Å². The molecular formula is C33H28BrN3O5S. The van der Waals surface area contributed by atoms with Crippen LogP contribution in [0.5, 0.6) is 5.75 Å². The van der Waals surface area contributed by atoms with Gasteiger partial charge in [0.15, 0.2) is 4.80 Å². The van der Waals surface area contributed by atoms with Crippen molar-refractivity contribution in [3.63, 3.8) is 0 Å². The smallest absolute Gasteiger partial charge is 0.338 e. The minimum Gasteiger partial charge on any atom is -0.497 e. The van der Waals surface area contributed by atoms with Gasteiger partial charge in [0, 0.05) is 10.0 Å². The average Bonchev–Trinajstić information content (AvgIpc) is 3.44. The largest absolute Gasteiger partial charge is 0.497 e. The number of carbonyl (C=O) groups excluding carboxylic acids is 2. The summed E-state index contributed by atoms with van der Waals surface area (Å²) in [6.45, 7) is 5.64. The third-order valence-electron chi connectivity index (χ3n) is 7.38. The molecule has 0 spiro atoms. The number of fused-ring (bicyclic) bond motifs is 2. The molecule has 0 N–H and O–H groups in total. The second kappa shape index (κ2) is 11.4. The molecule has 0 bridgehead atoms. The summed E-state index contributed by atoms with van der Waals surface area (Å²) >= 11 is 4.69. The van der Waals surface area contributed by atoms with Gasteiger partial charge in [-0.15, -0.1) is 0 Å². The Balaban J connectivity index is 1.58. The number of halogens is 1. The molecule has 0 radical (unpaired) electrons. The normalized spacial score (nSPS) is 17.1. The van der Waals surface area contributed by atoms with Crippen LogP contribution in [0.3, 0.4) is 0 Å². The molecule has 0 fully saturated rings. The fourth-order valence-electron chi connectivity index (χ4n) is 5.46. The Morgan fingerprint density at radius 2 is 1.77 bits per heavy atom. The summed E-state index contributed by atoms with van der Waals surface area (Å²) in [6, 6.07) is 21.8. The first-order valence-corrected chi connectivity index (χ1v) is 15.3. The topological polar surface area (TPSA) is 90.2 Å². The zero-order valence-electron chi connectivity index (χ0n) is 24.0. The van der Waals surface area contributed by atoms with Crippen molar-refractivity contribution in [2.45, 2.75) is 39.5 Å². The number of amides is 1. The minimum absolute atomic E-state index is 0.265. The first kappa shape index (κ1) is 28.8.